The number of halogens is 3. The summed E-state index contributed by atoms with van der Waals surface area (Å²) in [7, 11) is -3.13. The van der Waals surface area contributed by atoms with Crippen LogP contribution in [0.2, 0.25) is 0 Å². The van der Waals surface area contributed by atoms with E-state index in [0.29, 0.717) is 70.4 Å². The van der Waals surface area contributed by atoms with Crippen LogP contribution in [0.1, 0.15) is 18.9 Å². The lowest BCUT2D eigenvalue weighted by atomic mass is 10.1. The molecule has 2 aliphatic heterocycles. The smallest absolute Gasteiger partial charge is 0.368 e. The molecule has 0 atom stereocenters. The number of sulfonamides is 1. The number of rotatable bonds is 5. The van der Waals surface area contributed by atoms with E-state index in [-0.39, 0.29) is 5.75 Å². The summed E-state index contributed by atoms with van der Waals surface area (Å²) in [6.07, 6.45) is -3.70. The molecule has 7 nitrogen and oxygen atoms in total. The predicted molar refractivity (Wildman–Crippen MR) is 111 cm³/mol. The van der Waals surface area contributed by atoms with Gasteiger partial charge in [0.25, 0.3) is 0 Å². The molecule has 0 aromatic heterocycles. The van der Waals surface area contributed by atoms with E-state index in [1.54, 1.807) is 6.07 Å². The van der Waals surface area contributed by atoms with Crippen LogP contribution >= 0.6 is 0 Å². The maximum Gasteiger partial charge on any atom is 0.416 e. The van der Waals surface area contributed by atoms with E-state index in [2.05, 4.69) is 15.2 Å². The molecule has 30 heavy (non-hydrogen) atoms. The van der Waals surface area contributed by atoms with Gasteiger partial charge >= 0.3 is 6.18 Å². The van der Waals surface area contributed by atoms with Crippen LogP contribution in [0, 0.1) is 0 Å². The van der Waals surface area contributed by atoms with Crippen molar-refractivity contribution < 1.29 is 21.6 Å². The van der Waals surface area contributed by atoms with Gasteiger partial charge in [-0.3, -0.25) is 4.99 Å². The molecule has 11 heteroatoms. The molecule has 0 aliphatic carbocycles. The number of anilines is 1. The molecular formula is C19H28F3N5O2S. The third-order valence-electron chi connectivity index (χ3n) is 5.27. The number of alkyl halides is 3. The second-order valence-electron chi connectivity index (χ2n) is 7.33. The second-order valence-corrected chi connectivity index (χ2v) is 9.41. The van der Waals surface area contributed by atoms with E-state index in [4.69, 9.17) is 0 Å². The average Bonchev–Trinajstić information content (AvgIpc) is 3.05. The molecule has 0 spiro atoms. The van der Waals surface area contributed by atoms with Crippen molar-refractivity contribution in [2.45, 2.75) is 19.5 Å². The van der Waals surface area contributed by atoms with Gasteiger partial charge in [0.05, 0.1) is 17.9 Å². The van der Waals surface area contributed by atoms with E-state index < -0.39 is 21.8 Å². The largest absolute Gasteiger partial charge is 0.416 e. The molecule has 1 aromatic rings. The Labute approximate surface area is 175 Å². The van der Waals surface area contributed by atoms with Crippen LogP contribution in [0.4, 0.5) is 18.9 Å². The Morgan fingerprint density at radius 1 is 1.17 bits per heavy atom. The zero-order chi connectivity index (χ0) is 21.8. The van der Waals surface area contributed by atoms with Gasteiger partial charge in [0.1, 0.15) is 0 Å². The van der Waals surface area contributed by atoms with Crippen molar-refractivity contribution in [1.82, 2.24) is 14.5 Å². The molecule has 0 radical (unpaired) electrons. The van der Waals surface area contributed by atoms with Gasteiger partial charge < -0.3 is 15.1 Å². The lowest BCUT2D eigenvalue weighted by molar-refractivity contribution is -0.137. The zero-order valence-corrected chi connectivity index (χ0v) is 17.8. The quantitative estimate of drug-likeness (QED) is 0.551. The topological polar surface area (TPSA) is 68.2 Å². The Bertz CT molecular complexity index is 852. The van der Waals surface area contributed by atoms with Crippen LogP contribution in [0.3, 0.4) is 0 Å². The fraction of sp³-hybridized carbons (Fsp3) is 0.632. The van der Waals surface area contributed by atoms with E-state index >= 15 is 0 Å². The summed E-state index contributed by atoms with van der Waals surface area (Å²) >= 11 is 0. The van der Waals surface area contributed by atoms with Crippen molar-refractivity contribution in [2.75, 3.05) is 63.0 Å². The standard InChI is InChI=1S/C19H28F3N5O2S/c1-2-23-18(24-7-9-27-8-4-14-30(27,28)29)26-12-10-25(11-13-26)17-6-3-5-16(15-17)19(20,21)22/h3,5-6,15H,2,4,7-14H2,1H3,(H,23,24). The predicted octanol–water partition coefficient (Wildman–Crippen LogP) is 1.83. The Balaban J connectivity index is 1.58. The molecule has 0 bridgehead atoms. The van der Waals surface area contributed by atoms with Gasteiger partial charge in [-0.15, -0.1) is 0 Å². The first-order valence-electron chi connectivity index (χ1n) is 10.1. The van der Waals surface area contributed by atoms with E-state index in [1.807, 2.05) is 11.8 Å². The van der Waals surface area contributed by atoms with Gasteiger partial charge in [-0.25, -0.2) is 12.7 Å². The first-order chi connectivity index (χ1) is 14.2. The lowest BCUT2D eigenvalue weighted by Crippen LogP contribution is -2.52. The molecule has 168 valence electrons. The van der Waals surface area contributed by atoms with Crippen LogP contribution in [0.25, 0.3) is 0 Å². The normalized spacial score (nSPS) is 20.6. The van der Waals surface area contributed by atoms with Crippen molar-refractivity contribution in [2.24, 2.45) is 4.99 Å². The van der Waals surface area contributed by atoms with Gasteiger partial charge in [-0.05, 0) is 31.5 Å². The summed E-state index contributed by atoms with van der Waals surface area (Å²) < 4.78 is 64.2. The lowest BCUT2D eigenvalue weighted by Gasteiger charge is -2.38. The van der Waals surface area contributed by atoms with Crippen LogP contribution in [-0.4, -0.2) is 81.7 Å². The molecule has 2 heterocycles. The number of guanidine groups is 1. The summed E-state index contributed by atoms with van der Waals surface area (Å²) in [5.74, 6) is 0.909. The highest BCUT2D eigenvalue weighted by atomic mass is 32.2. The van der Waals surface area contributed by atoms with Gasteiger partial charge in [0.2, 0.25) is 10.0 Å². The molecule has 0 saturated carbocycles. The van der Waals surface area contributed by atoms with Crippen molar-refractivity contribution in [3.8, 4) is 0 Å². The van der Waals surface area contributed by atoms with E-state index in [1.165, 1.54) is 16.4 Å². The number of nitrogens with zero attached hydrogens (tertiary/aromatic N) is 4. The van der Waals surface area contributed by atoms with E-state index in [9.17, 15) is 21.6 Å². The van der Waals surface area contributed by atoms with Gasteiger partial charge in [-0.2, -0.15) is 13.2 Å². The van der Waals surface area contributed by atoms with Crippen molar-refractivity contribution >= 4 is 21.7 Å². The number of benzene rings is 1. The number of hydrogen-bond acceptors (Lipinski definition) is 4. The monoisotopic (exact) mass is 447 g/mol. The van der Waals surface area contributed by atoms with Gasteiger partial charge in [-0.1, -0.05) is 6.07 Å². The fourth-order valence-corrected chi connectivity index (χ4v) is 5.21. The molecule has 1 N–H and O–H groups in total. The molecule has 0 unspecified atom stereocenters. The Morgan fingerprint density at radius 3 is 2.50 bits per heavy atom. The van der Waals surface area contributed by atoms with Gasteiger partial charge in [0, 0.05) is 51.5 Å². The van der Waals surface area contributed by atoms with Crippen molar-refractivity contribution in [3.63, 3.8) is 0 Å². The third kappa shape index (κ3) is 5.57. The molecule has 0 amide bonds. The van der Waals surface area contributed by atoms with Crippen LogP contribution in [0.15, 0.2) is 29.3 Å². The number of aliphatic imine (C=N–C) groups is 1. The molecule has 2 saturated heterocycles. The maximum atomic E-state index is 13.0. The second kappa shape index (κ2) is 9.42. The summed E-state index contributed by atoms with van der Waals surface area (Å²) in [5, 5.41) is 3.22. The SMILES string of the molecule is CCNC(=NCCN1CCCS1(=O)=O)N1CCN(c2cccc(C(F)(F)F)c2)CC1. The molecule has 2 aliphatic rings. The van der Waals surface area contributed by atoms with Crippen LogP contribution < -0.4 is 10.2 Å². The Morgan fingerprint density at radius 2 is 1.90 bits per heavy atom. The maximum absolute atomic E-state index is 13.0. The Kier molecular flexibility index (Phi) is 7.12. The summed E-state index contributed by atoms with van der Waals surface area (Å²) in [6, 6.07) is 5.39. The van der Waals surface area contributed by atoms with Gasteiger partial charge in [0.15, 0.2) is 5.96 Å². The fourth-order valence-electron chi connectivity index (χ4n) is 3.69. The minimum atomic E-state index is -4.36. The zero-order valence-electron chi connectivity index (χ0n) is 17.0. The molecule has 2 fully saturated rings. The molecule has 1 aromatic carbocycles. The minimum Gasteiger partial charge on any atom is -0.368 e. The highest BCUT2D eigenvalue weighted by Gasteiger charge is 2.31. The Hall–Kier alpha value is -2.01. The summed E-state index contributed by atoms with van der Waals surface area (Å²) in [4.78, 5) is 8.57. The minimum absolute atomic E-state index is 0.203. The average molecular weight is 448 g/mol. The van der Waals surface area contributed by atoms with Crippen molar-refractivity contribution in [1.29, 1.82) is 0 Å². The number of hydrogen-bond donors (Lipinski definition) is 1. The van der Waals surface area contributed by atoms with Crippen LogP contribution in [0.5, 0.6) is 0 Å². The summed E-state index contributed by atoms with van der Waals surface area (Å²) in [5.41, 5.74) is -0.0835. The molecular weight excluding hydrogens is 419 g/mol. The van der Waals surface area contributed by atoms with Crippen LogP contribution in [-0.2, 0) is 16.2 Å². The summed E-state index contributed by atoms with van der Waals surface area (Å²) in [6.45, 7) is 6.29. The van der Waals surface area contributed by atoms with Crippen molar-refractivity contribution in [3.05, 3.63) is 29.8 Å². The first kappa shape index (κ1) is 22.7. The number of piperazine rings is 1. The highest BCUT2D eigenvalue weighted by Crippen LogP contribution is 2.31. The first-order valence-corrected chi connectivity index (χ1v) is 11.7. The third-order valence-corrected chi connectivity index (χ3v) is 7.22. The number of nitrogens with one attached hydrogen (secondary N) is 1. The van der Waals surface area contributed by atoms with E-state index in [0.717, 1.165) is 6.07 Å². The highest BCUT2D eigenvalue weighted by molar-refractivity contribution is 7.89. The molecule has 3 rings (SSSR count).